The maximum absolute atomic E-state index is 10.6. The Hall–Kier alpha value is -0.620. The van der Waals surface area contributed by atoms with Crippen molar-refractivity contribution in [1.82, 2.24) is 0 Å². The van der Waals surface area contributed by atoms with E-state index in [4.69, 9.17) is 10.8 Å². The van der Waals surface area contributed by atoms with Crippen molar-refractivity contribution in [3.05, 3.63) is 32.9 Å². The molecule has 0 amide bonds. The SMILES string of the molecule is Cc1c(I)cccc1[C@@H](N)C(=O)O. The van der Waals surface area contributed by atoms with Crippen LogP contribution in [-0.2, 0) is 4.79 Å². The zero-order chi connectivity index (χ0) is 10.0. The molecule has 70 valence electrons. The van der Waals surface area contributed by atoms with Crippen molar-refractivity contribution in [1.29, 1.82) is 0 Å². The van der Waals surface area contributed by atoms with Crippen LogP contribution in [0.3, 0.4) is 0 Å². The molecule has 1 atom stereocenters. The predicted molar refractivity (Wildman–Crippen MR) is 58.5 cm³/mol. The minimum atomic E-state index is -0.995. The Bertz CT molecular complexity index is 338. The number of benzene rings is 1. The van der Waals surface area contributed by atoms with E-state index in [1.165, 1.54) is 0 Å². The van der Waals surface area contributed by atoms with Crippen LogP contribution in [0.4, 0.5) is 0 Å². The summed E-state index contributed by atoms with van der Waals surface area (Å²) in [5, 5.41) is 8.72. The Balaban J connectivity index is 3.15. The van der Waals surface area contributed by atoms with Gasteiger partial charge in [-0.25, -0.2) is 0 Å². The molecule has 0 saturated carbocycles. The van der Waals surface area contributed by atoms with E-state index < -0.39 is 12.0 Å². The third-order valence-corrected chi connectivity index (χ3v) is 3.08. The fourth-order valence-corrected chi connectivity index (χ4v) is 1.61. The average Bonchev–Trinajstić information content (AvgIpc) is 2.08. The molecule has 3 N–H and O–H groups in total. The predicted octanol–water partition coefficient (Wildman–Crippen LogP) is 1.68. The highest BCUT2D eigenvalue weighted by Gasteiger charge is 2.16. The van der Waals surface area contributed by atoms with E-state index in [-0.39, 0.29) is 0 Å². The van der Waals surface area contributed by atoms with Crippen molar-refractivity contribution in [2.24, 2.45) is 5.73 Å². The molecule has 0 spiro atoms. The minimum Gasteiger partial charge on any atom is -0.480 e. The number of hydrogen-bond acceptors (Lipinski definition) is 2. The number of rotatable bonds is 2. The maximum atomic E-state index is 10.6. The lowest BCUT2D eigenvalue weighted by molar-refractivity contribution is -0.138. The zero-order valence-electron chi connectivity index (χ0n) is 7.12. The molecule has 0 aromatic heterocycles. The summed E-state index contributed by atoms with van der Waals surface area (Å²) in [5.41, 5.74) is 7.13. The molecule has 0 radical (unpaired) electrons. The fraction of sp³-hybridized carbons (Fsp3) is 0.222. The standard InChI is InChI=1S/C9H10INO2/c1-5-6(8(11)9(12)13)3-2-4-7(5)10/h2-4,8H,11H2,1H3,(H,12,13)/t8-/m1/s1. The molecule has 1 aromatic carbocycles. The summed E-state index contributed by atoms with van der Waals surface area (Å²) in [6, 6.07) is 4.56. The van der Waals surface area contributed by atoms with E-state index in [2.05, 4.69) is 22.6 Å². The van der Waals surface area contributed by atoms with Crippen molar-refractivity contribution in [2.45, 2.75) is 13.0 Å². The summed E-state index contributed by atoms with van der Waals surface area (Å²) in [6.07, 6.45) is 0. The lowest BCUT2D eigenvalue weighted by atomic mass is 10.0. The van der Waals surface area contributed by atoms with E-state index in [0.29, 0.717) is 5.56 Å². The molecule has 0 aliphatic rings. The third-order valence-electron chi connectivity index (χ3n) is 1.91. The minimum absolute atomic E-state index is 0.680. The van der Waals surface area contributed by atoms with Crippen molar-refractivity contribution < 1.29 is 9.90 Å². The number of carboxylic acid groups (broad SMARTS) is 1. The van der Waals surface area contributed by atoms with E-state index in [1.54, 1.807) is 6.07 Å². The molecule has 0 unspecified atom stereocenters. The molecule has 4 heteroatoms. The quantitative estimate of drug-likeness (QED) is 0.815. The number of aliphatic carboxylic acids is 1. The van der Waals surface area contributed by atoms with Crippen LogP contribution in [0, 0.1) is 10.5 Å². The van der Waals surface area contributed by atoms with Crippen molar-refractivity contribution >= 4 is 28.6 Å². The molecule has 1 aromatic rings. The van der Waals surface area contributed by atoms with Crippen LogP contribution in [-0.4, -0.2) is 11.1 Å². The van der Waals surface area contributed by atoms with E-state index in [1.807, 2.05) is 19.1 Å². The smallest absolute Gasteiger partial charge is 0.325 e. The maximum Gasteiger partial charge on any atom is 0.325 e. The van der Waals surface area contributed by atoms with Crippen LogP contribution < -0.4 is 5.73 Å². The molecule has 13 heavy (non-hydrogen) atoms. The molecule has 3 nitrogen and oxygen atoms in total. The molecule has 1 rings (SSSR count). The van der Waals surface area contributed by atoms with Gasteiger partial charge in [-0.15, -0.1) is 0 Å². The van der Waals surface area contributed by atoms with Gasteiger partial charge in [0, 0.05) is 3.57 Å². The second-order valence-electron chi connectivity index (χ2n) is 2.77. The summed E-state index contributed by atoms with van der Waals surface area (Å²) < 4.78 is 1.03. The molecule has 0 aliphatic carbocycles. The summed E-state index contributed by atoms with van der Waals surface area (Å²) >= 11 is 2.16. The molecular formula is C9H10INO2. The largest absolute Gasteiger partial charge is 0.480 e. The van der Waals surface area contributed by atoms with Gasteiger partial charge in [0.15, 0.2) is 0 Å². The van der Waals surface area contributed by atoms with Crippen LogP contribution >= 0.6 is 22.6 Å². The first-order chi connectivity index (χ1) is 6.04. The number of halogens is 1. The fourth-order valence-electron chi connectivity index (χ4n) is 1.09. The number of nitrogens with two attached hydrogens (primary N) is 1. The molecule has 0 saturated heterocycles. The lowest BCUT2D eigenvalue weighted by Crippen LogP contribution is -2.21. The average molecular weight is 291 g/mol. The molecule has 0 aliphatic heterocycles. The van der Waals surface area contributed by atoms with Gasteiger partial charge in [0.1, 0.15) is 6.04 Å². The first-order valence-electron chi connectivity index (χ1n) is 3.77. The first-order valence-corrected chi connectivity index (χ1v) is 4.85. The molecule has 0 heterocycles. The summed E-state index contributed by atoms with van der Waals surface area (Å²) in [4.78, 5) is 10.6. The first kappa shape index (κ1) is 10.5. The molecule has 0 fully saturated rings. The van der Waals surface area contributed by atoms with Gasteiger partial charge in [0.25, 0.3) is 0 Å². The van der Waals surface area contributed by atoms with Gasteiger partial charge < -0.3 is 10.8 Å². The highest BCUT2D eigenvalue weighted by atomic mass is 127. The summed E-state index contributed by atoms with van der Waals surface area (Å²) in [7, 11) is 0. The highest BCUT2D eigenvalue weighted by Crippen LogP contribution is 2.20. The van der Waals surface area contributed by atoms with Crippen LogP contribution in [0.2, 0.25) is 0 Å². The molecular weight excluding hydrogens is 281 g/mol. The normalized spacial score (nSPS) is 12.5. The highest BCUT2D eigenvalue weighted by molar-refractivity contribution is 14.1. The Morgan fingerprint density at radius 1 is 1.62 bits per heavy atom. The van der Waals surface area contributed by atoms with E-state index in [9.17, 15) is 4.79 Å². The Morgan fingerprint density at radius 2 is 2.23 bits per heavy atom. The number of carbonyl (C=O) groups is 1. The van der Waals surface area contributed by atoms with Crippen molar-refractivity contribution in [3.63, 3.8) is 0 Å². The van der Waals surface area contributed by atoms with Crippen molar-refractivity contribution in [3.8, 4) is 0 Å². The second-order valence-corrected chi connectivity index (χ2v) is 3.93. The summed E-state index contributed by atoms with van der Waals surface area (Å²) in [5.74, 6) is -0.995. The van der Waals surface area contributed by atoms with E-state index in [0.717, 1.165) is 9.13 Å². The topological polar surface area (TPSA) is 63.3 Å². The molecule has 0 bridgehead atoms. The van der Waals surface area contributed by atoms with Crippen LogP contribution in [0.5, 0.6) is 0 Å². The van der Waals surface area contributed by atoms with Crippen LogP contribution in [0.25, 0.3) is 0 Å². The van der Waals surface area contributed by atoms with Gasteiger partial charge >= 0.3 is 5.97 Å². The zero-order valence-corrected chi connectivity index (χ0v) is 9.28. The second kappa shape index (κ2) is 4.06. The van der Waals surface area contributed by atoms with Crippen molar-refractivity contribution in [2.75, 3.05) is 0 Å². The van der Waals surface area contributed by atoms with Gasteiger partial charge in [-0.2, -0.15) is 0 Å². The van der Waals surface area contributed by atoms with Crippen LogP contribution in [0.15, 0.2) is 18.2 Å². The monoisotopic (exact) mass is 291 g/mol. The Kier molecular flexibility index (Phi) is 3.27. The van der Waals surface area contributed by atoms with Gasteiger partial charge in [-0.3, -0.25) is 4.79 Å². The number of hydrogen-bond donors (Lipinski definition) is 2. The third kappa shape index (κ3) is 2.19. The van der Waals surface area contributed by atoms with Gasteiger partial charge in [-0.1, -0.05) is 12.1 Å². The number of carboxylic acids is 1. The van der Waals surface area contributed by atoms with E-state index >= 15 is 0 Å². The van der Waals surface area contributed by atoms with Gasteiger partial charge in [-0.05, 0) is 46.7 Å². The van der Waals surface area contributed by atoms with Crippen LogP contribution in [0.1, 0.15) is 17.2 Å². The Labute approximate surface area is 90.1 Å². The Morgan fingerprint density at radius 3 is 2.77 bits per heavy atom. The van der Waals surface area contributed by atoms with Gasteiger partial charge in [0.05, 0.1) is 0 Å². The van der Waals surface area contributed by atoms with Gasteiger partial charge in [0.2, 0.25) is 0 Å². The lowest BCUT2D eigenvalue weighted by Gasteiger charge is -2.10. The summed E-state index contributed by atoms with van der Waals surface area (Å²) in [6.45, 7) is 1.87.